The van der Waals surface area contributed by atoms with Crippen LogP contribution in [0.2, 0.25) is 0 Å². The van der Waals surface area contributed by atoms with Crippen LogP contribution in [0.4, 0.5) is 0 Å². The van der Waals surface area contributed by atoms with Crippen molar-refractivity contribution >= 4 is 0 Å². The minimum Gasteiger partial charge on any atom is -1.00 e. The van der Waals surface area contributed by atoms with Crippen LogP contribution in [0.5, 0.6) is 0 Å². The van der Waals surface area contributed by atoms with Crippen molar-refractivity contribution in [2.24, 2.45) is 0 Å². The van der Waals surface area contributed by atoms with Gasteiger partial charge in [0.2, 0.25) is 0 Å². The van der Waals surface area contributed by atoms with Gasteiger partial charge < -0.3 is 12.4 Å². The van der Waals surface area contributed by atoms with Gasteiger partial charge in [0.25, 0.3) is 0 Å². The van der Waals surface area contributed by atoms with Crippen molar-refractivity contribution < 1.29 is 17.0 Å². The van der Waals surface area contributed by atoms with Gasteiger partial charge in [-0.2, -0.15) is 0 Å². The summed E-state index contributed by atoms with van der Waals surface area (Å²) in [7, 11) is 0. The third-order valence-electron chi connectivity index (χ3n) is 3.10. The maximum Gasteiger partial charge on any atom is 0.171 e. The van der Waals surface area contributed by atoms with Crippen molar-refractivity contribution in [2.75, 3.05) is 0 Å². The van der Waals surface area contributed by atoms with E-state index in [0.29, 0.717) is 0 Å². The first-order valence-electron chi connectivity index (χ1n) is 6.84. The minimum atomic E-state index is 0. The molecular weight excluding hydrogens is 230 g/mol. The van der Waals surface area contributed by atoms with Crippen LogP contribution >= 0.6 is 0 Å². The van der Waals surface area contributed by atoms with E-state index in [9.17, 15) is 0 Å². The molecule has 0 bridgehead atoms. The quantitative estimate of drug-likeness (QED) is 0.480. The highest BCUT2D eigenvalue weighted by molar-refractivity contribution is 5.04. The second-order valence-electron chi connectivity index (χ2n) is 4.57. The van der Waals surface area contributed by atoms with Gasteiger partial charge in [0.1, 0.15) is 6.54 Å². The van der Waals surface area contributed by atoms with Crippen LogP contribution in [-0.4, -0.2) is 0 Å². The number of nitrogens with zero attached hydrogens (tertiary/aromatic N) is 1. The standard InChI is InChI=1S/C15H26N.ClH/c1-3-5-6-7-8-9-12-16-13-10-11-15(4-2)14-16;/h10-11,13-14H,3-9,12H2,1-2H3;1H/q+1;/p-1. The monoisotopic (exact) mass is 255 g/mol. The molecule has 0 spiro atoms. The first-order valence-corrected chi connectivity index (χ1v) is 6.84. The molecule has 0 aliphatic carbocycles. The summed E-state index contributed by atoms with van der Waals surface area (Å²) in [6.45, 7) is 5.66. The molecule has 1 rings (SSSR count). The van der Waals surface area contributed by atoms with Crippen molar-refractivity contribution in [3.63, 3.8) is 0 Å². The zero-order valence-electron chi connectivity index (χ0n) is 11.3. The number of unbranched alkanes of at least 4 members (excludes halogenated alkanes) is 5. The van der Waals surface area contributed by atoms with Gasteiger partial charge in [0.05, 0.1) is 0 Å². The maximum atomic E-state index is 2.33. The van der Waals surface area contributed by atoms with E-state index in [0.717, 1.165) is 6.42 Å². The number of halogens is 1. The van der Waals surface area contributed by atoms with Gasteiger partial charge in [-0.3, -0.25) is 0 Å². The summed E-state index contributed by atoms with van der Waals surface area (Å²) in [5.41, 5.74) is 1.44. The minimum absolute atomic E-state index is 0. The van der Waals surface area contributed by atoms with Crippen molar-refractivity contribution in [3.8, 4) is 0 Å². The number of rotatable bonds is 8. The fourth-order valence-electron chi connectivity index (χ4n) is 2.00. The summed E-state index contributed by atoms with van der Waals surface area (Å²) in [5, 5.41) is 0. The summed E-state index contributed by atoms with van der Waals surface area (Å²) in [4.78, 5) is 0. The number of aryl methyl sites for hydroxylation is 2. The molecule has 0 radical (unpaired) electrons. The highest BCUT2D eigenvalue weighted by atomic mass is 35.5. The Labute approximate surface area is 113 Å². The Morgan fingerprint density at radius 3 is 2.41 bits per heavy atom. The molecule has 1 aromatic rings. The molecular formula is C15H26ClN. The van der Waals surface area contributed by atoms with E-state index in [4.69, 9.17) is 0 Å². The van der Waals surface area contributed by atoms with Gasteiger partial charge >= 0.3 is 0 Å². The highest BCUT2D eigenvalue weighted by Gasteiger charge is 2.00. The molecule has 98 valence electrons. The molecule has 1 heterocycles. The van der Waals surface area contributed by atoms with E-state index in [1.807, 2.05) is 0 Å². The number of aromatic nitrogens is 1. The molecule has 0 saturated heterocycles. The normalized spacial score (nSPS) is 10.0. The third-order valence-corrected chi connectivity index (χ3v) is 3.10. The van der Waals surface area contributed by atoms with Crippen LogP contribution in [-0.2, 0) is 13.0 Å². The Bertz CT molecular complexity index is 286. The number of hydrogen-bond donors (Lipinski definition) is 0. The Morgan fingerprint density at radius 1 is 1.00 bits per heavy atom. The molecule has 2 heteroatoms. The summed E-state index contributed by atoms with van der Waals surface area (Å²) in [5.74, 6) is 0. The second-order valence-corrected chi connectivity index (χ2v) is 4.57. The smallest absolute Gasteiger partial charge is 0.171 e. The van der Waals surface area contributed by atoms with E-state index in [1.54, 1.807) is 0 Å². The molecule has 0 atom stereocenters. The van der Waals surface area contributed by atoms with Crippen molar-refractivity contribution in [1.82, 2.24) is 0 Å². The van der Waals surface area contributed by atoms with Crippen LogP contribution in [0, 0.1) is 0 Å². The molecule has 0 fully saturated rings. The van der Waals surface area contributed by atoms with Gasteiger partial charge in [-0.25, -0.2) is 4.57 Å². The highest BCUT2D eigenvalue weighted by Crippen LogP contribution is 2.04. The van der Waals surface area contributed by atoms with Gasteiger partial charge in [0, 0.05) is 18.1 Å². The number of hydrogen-bond acceptors (Lipinski definition) is 0. The lowest BCUT2D eigenvalue weighted by Crippen LogP contribution is -3.00. The molecule has 0 aliphatic rings. The Kier molecular flexibility index (Phi) is 10.2. The molecule has 0 N–H and O–H groups in total. The molecule has 1 nitrogen and oxygen atoms in total. The van der Waals surface area contributed by atoms with Crippen LogP contribution in [0.15, 0.2) is 24.5 Å². The van der Waals surface area contributed by atoms with E-state index in [2.05, 4.69) is 42.9 Å². The largest absolute Gasteiger partial charge is 1.00 e. The first-order chi connectivity index (χ1) is 7.86. The van der Waals surface area contributed by atoms with Crippen LogP contribution in [0.25, 0.3) is 0 Å². The lowest BCUT2D eigenvalue weighted by molar-refractivity contribution is -0.697. The average Bonchev–Trinajstić information content (AvgIpc) is 2.34. The topological polar surface area (TPSA) is 3.88 Å². The summed E-state index contributed by atoms with van der Waals surface area (Å²) < 4.78 is 2.33. The molecule has 0 aliphatic heterocycles. The molecule has 1 aromatic heterocycles. The maximum absolute atomic E-state index is 2.33. The van der Waals surface area contributed by atoms with E-state index >= 15 is 0 Å². The Morgan fingerprint density at radius 2 is 1.71 bits per heavy atom. The van der Waals surface area contributed by atoms with Crippen molar-refractivity contribution in [1.29, 1.82) is 0 Å². The van der Waals surface area contributed by atoms with Crippen LogP contribution in [0.1, 0.15) is 57.9 Å². The van der Waals surface area contributed by atoms with Gasteiger partial charge in [-0.05, 0) is 18.9 Å². The predicted molar refractivity (Wildman–Crippen MR) is 69.4 cm³/mol. The number of pyridine rings is 1. The molecule has 0 aromatic carbocycles. The fraction of sp³-hybridized carbons (Fsp3) is 0.667. The Balaban J connectivity index is 0.00000256. The molecule has 0 unspecified atom stereocenters. The van der Waals surface area contributed by atoms with E-state index in [1.165, 1.54) is 50.6 Å². The average molecular weight is 256 g/mol. The molecule has 0 saturated carbocycles. The first kappa shape index (κ1) is 16.4. The zero-order chi connectivity index (χ0) is 11.6. The fourth-order valence-corrected chi connectivity index (χ4v) is 2.00. The van der Waals surface area contributed by atoms with Crippen molar-refractivity contribution in [2.45, 2.75) is 65.3 Å². The second kappa shape index (κ2) is 10.6. The summed E-state index contributed by atoms with van der Waals surface area (Å²) >= 11 is 0. The molecule has 17 heavy (non-hydrogen) atoms. The van der Waals surface area contributed by atoms with Gasteiger partial charge in [-0.1, -0.05) is 39.5 Å². The summed E-state index contributed by atoms with van der Waals surface area (Å²) in [6, 6.07) is 4.37. The van der Waals surface area contributed by atoms with Crippen LogP contribution in [0.3, 0.4) is 0 Å². The van der Waals surface area contributed by atoms with Gasteiger partial charge in [0.15, 0.2) is 12.4 Å². The van der Waals surface area contributed by atoms with E-state index in [-0.39, 0.29) is 12.4 Å². The SMILES string of the molecule is CCCCCCCC[n+]1cccc(CC)c1.[Cl-]. The van der Waals surface area contributed by atoms with Crippen molar-refractivity contribution in [3.05, 3.63) is 30.1 Å². The summed E-state index contributed by atoms with van der Waals surface area (Å²) in [6.07, 6.45) is 13.9. The lowest BCUT2D eigenvalue weighted by atomic mass is 10.1. The van der Waals surface area contributed by atoms with Crippen LogP contribution < -0.4 is 17.0 Å². The lowest BCUT2D eigenvalue weighted by Gasteiger charge is -2.00. The predicted octanol–water partition coefficient (Wildman–Crippen LogP) is 0.901. The zero-order valence-corrected chi connectivity index (χ0v) is 12.0. The van der Waals surface area contributed by atoms with Gasteiger partial charge in [-0.15, -0.1) is 0 Å². The third kappa shape index (κ3) is 7.38. The van der Waals surface area contributed by atoms with E-state index < -0.39 is 0 Å². The molecule has 0 amide bonds. The Hall–Kier alpha value is -0.560.